The number of methoxy groups -OCH3 is 2. The molecule has 0 aromatic rings. The Morgan fingerprint density at radius 2 is 1.45 bits per heavy atom. The molecule has 0 aliphatic carbocycles. The van der Waals surface area contributed by atoms with Crippen LogP contribution >= 0.6 is 0 Å². The quantitative estimate of drug-likeness (QED) is 0.464. The molecule has 2 atom stereocenters. The van der Waals surface area contributed by atoms with Gasteiger partial charge < -0.3 is 20.5 Å². The van der Waals surface area contributed by atoms with Crippen LogP contribution in [0.3, 0.4) is 0 Å². The molecule has 0 rings (SSSR count). The highest BCUT2D eigenvalue weighted by molar-refractivity contribution is 5.97. The molecular weight excluding hydrogens is 292 g/mol. The summed E-state index contributed by atoms with van der Waals surface area (Å²) in [5.41, 5.74) is 5.28. The number of nitrogens with one attached hydrogen (secondary N) is 1. The standard InChI is InChI=1S/C14H24N2O6/c1-7(2)6-9(17)16-11(12(15)18)8(3)10(13(19)21-4)14(20)22-5/h7-8,10-11H,6H2,1-5H3,(H2,15,18)(H,16,17)/t8-,11-/m1/s1. The smallest absolute Gasteiger partial charge is 0.320 e. The van der Waals surface area contributed by atoms with E-state index in [0.29, 0.717) is 0 Å². The van der Waals surface area contributed by atoms with Crippen molar-refractivity contribution in [1.29, 1.82) is 0 Å². The van der Waals surface area contributed by atoms with Crippen molar-refractivity contribution in [3.05, 3.63) is 0 Å². The topological polar surface area (TPSA) is 125 Å². The van der Waals surface area contributed by atoms with Gasteiger partial charge in [-0.15, -0.1) is 0 Å². The predicted octanol–water partition coefficient (Wildman–Crippen LogP) is -0.399. The fourth-order valence-electron chi connectivity index (χ4n) is 2.04. The Hall–Kier alpha value is -2.12. The first kappa shape index (κ1) is 19.9. The van der Waals surface area contributed by atoms with Crippen molar-refractivity contribution in [3.8, 4) is 0 Å². The summed E-state index contributed by atoms with van der Waals surface area (Å²) in [6, 6.07) is -1.19. The van der Waals surface area contributed by atoms with Crippen LogP contribution in [0.2, 0.25) is 0 Å². The van der Waals surface area contributed by atoms with E-state index in [1.165, 1.54) is 6.92 Å². The summed E-state index contributed by atoms with van der Waals surface area (Å²) >= 11 is 0. The molecule has 0 unspecified atom stereocenters. The van der Waals surface area contributed by atoms with Crippen LogP contribution in [0.4, 0.5) is 0 Å². The molecule has 0 heterocycles. The second-order valence-corrected chi connectivity index (χ2v) is 5.43. The van der Waals surface area contributed by atoms with Crippen molar-refractivity contribution in [2.75, 3.05) is 14.2 Å². The van der Waals surface area contributed by atoms with E-state index in [1.54, 1.807) is 0 Å². The Morgan fingerprint density at radius 3 is 1.77 bits per heavy atom. The van der Waals surface area contributed by atoms with Gasteiger partial charge in [-0.05, 0) is 5.92 Å². The van der Waals surface area contributed by atoms with E-state index in [4.69, 9.17) is 5.73 Å². The predicted molar refractivity (Wildman–Crippen MR) is 77.3 cm³/mol. The van der Waals surface area contributed by atoms with Gasteiger partial charge in [-0.1, -0.05) is 20.8 Å². The van der Waals surface area contributed by atoms with Crippen LogP contribution in [0.5, 0.6) is 0 Å². The molecule has 22 heavy (non-hydrogen) atoms. The first-order valence-electron chi connectivity index (χ1n) is 6.90. The summed E-state index contributed by atoms with van der Waals surface area (Å²) < 4.78 is 9.10. The van der Waals surface area contributed by atoms with Crippen molar-refractivity contribution in [2.45, 2.75) is 33.2 Å². The Morgan fingerprint density at radius 1 is 1.00 bits per heavy atom. The molecule has 3 N–H and O–H groups in total. The number of hydrogen-bond acceptors (Lipinski definition) is 6. The van der Waals surface area contributed by atoms with Gasteiger partial charge in [-0.3, -0.25) is 19.2 Å². The summed E-state index contributed by atoms with van der Waals surface area (Å²) in [7, 11) is 2.23. The lowest BCUT2D eigenvalue weighted by Gasteiger charge is -2.26. The third-order valence-corrected chi connectivity index (χ3v) is 3.18. The molecular formula is C14H24N2O6. The molecule has 126 valence electrons. The van der Waals surface area contributed by atoms with Crippen LogP contribution in [-0.4, -0.2) is 44.0 Å². The number of ether oxygens (including phenoxy) is 2. The van der Waals surface area contributed by atoms with E-state index in [0.717, 1.165) is 14.2 Å². The molecule has 0 saturated carbocycles. The number of nitrogens with two attached hydrogens (primary N) is 1. The minimum atomic E-state index is -1.35. The maximum atomic E-state index is 11.8. The van der Waals surface area contributed by atoms with Crippen molar-refractivity contribution >= 4 is 23.8 Å². The number of esters is 2. The average molecular weight is 316 g/mol. The Balaban J connectivity index is 5.28. The molecule has 0 aliphatic rings. The Labute approximate surface area is 129 Å². The van der Waals surface area contributed by atoms with Crippen LogP contribution in [-0.2, 0) is 28.7 Å². The van der Waals surface area contributed by atoms with Gasteiger partial charge in [0.05, 0.1) is 14.2 Å². The lowest BCUT2D eigenvalue weighted by molar-refractivity contribution is -0.162. The van der Waals surface area contributed by atoms with Gasteiger partial charge in [0.15, 0.2) is 5.92 Å². The molecule has 0 saturated heterocycles. The van der Waals surface area contributed by atoms with E-state index >= 15 is 0 Å². The lowest BCUT2D eigenvalue weighted by atomic mass is 9.86. The normalized spacial score (nSPS) is 13.4. The van der Waals surface area contributed by atoms with E-state index in [1.807, 2.05) is 13.8 Å². The van der Waals surface area contributed by atoms with E-state index < -0.39 is 35.7 Å². The largest absolute Gasteiger partial charge is 0.468 e. The van der Waals surface area contributed by atoms with Crippen molar-refractivity contribution < 1.29 is 28.7 Å². The van der Waals surface area contributed by atoms with Crippen LogP contribution in [0, 0.1) is 17.8 Å². The van der Waals surface area contributed by atoms with Crippen LogP contribution in [0.1, 0.15) is 27.2 Å². The van der Waals surface area contributed by atoms with Crippen LogP contribution in [0.25, 0.3) is 0 Å². The molecule has 0 fully saturated rings. The van der Waals surface area contributed by atoms with Gasteiger partial charge in [0.2, 0.25) is 11.8 Å². The monoisotopic (exact) mass is 316 g/mol. The highest BCUT2D eigenvalue weighted by atomic mass is 16.5. The van der Waals surface area contributed by atoms with Crippen molar-refractivity contribution in [2.24, 2.45) is 23.5 Å². The van der Waals surface area contributed by atoms with Gasteiger partial charge in [0, 0.05) is 12.3 Å². The fraction of sp³-hybridized carbons (Fsp3) is 0.714. The zero-order valence-corrected chi connectivity index (χ0v) is 13.5. The SMILES string of the molecule is COC(=O)C(C(=O)OC)[C@@H](C)[C@@H](NC(=O)CC(C)C)C(N)=O. The number of carbonyl (C=O) groups is 4. The molecule has 2 amide bonds. The number of carbonyl (C=O) groups excluding carboxylic acids is 4. The maximum absolute atomic E-state index is 11.8. The number of primary amides is 1. The van der Waals surface area contributed by atoms with Crippen molar-refractivity contribution in [1.82, 2.24) is 5.32 Å². The summed E-state index contributed by atoms with van der Waals surface area (Å²) in [6.45, 7) is 5.13. The van der Waals surface area contributed by atoms with Gasteiger partial charge in [0.1, 0.15) is 6.04 Å². The molecule has 0 radical (unpaired) electrons. The second-order valence-electron chi connectivity index (χ2n) is 5.43. The molecule has 0 aliphatic heterocycles. The minimum Gasteiger partial charge on any atom is -0.468 e. The summed E-state index contributed by atoms with van der Waals surface area (Å²) in [4.78, 5) is 46.9. The van der Waals surface area contributed by atoms with Gasteiger partial charge in [-0.2, -0.15) is 0 Å². The number of hydrogen-bond donors (Lipinski definition) is 2. The number of amides is 2. The minimum absolute atomic E-state index is 0.0841. The van der Waals surface area contributed by atoms with Gasteiger partial charge in [0.25, 0.3) is 0 Å². The molecule has 8 heteroatoms. The Bertz CT molecular complexity index is 419. The van der Waals surface area contributed by atoms with Gasteiger partial charge in [-0.25, -0.2) is 0 Å². The van der Waals surface area contributed by atoms with E-state index in [9.17, 15) is 19.2 Å². The maximum Gasteiger partial charge on any atom is 0.320 e. The zero-order chi connectivity index (χ0) is 17.4. The summed E-state index contributed by atoms with van der Waals surface area (Å²) in [5.74, 6) is -5.13. The second kappa shape index (κ2) is 9.01. The first-order chi connectivity index (χ1) is 10.1. The molecule has 8 nitrogen and oxygen atoms in total. The Kier molecular flexibility index (Phi) is 8.14. The fourth-order valence-corrected chi connectivity index (χ4v) is 2.04. The van der Waals surface area contributed by atoms with Crippen LogP contribution in [0.15, 0.2) is 0 Å². The molecule has 0 spiro atoms. The van der Waals surface area contributed by atoms with Crippen molar-refractivity contribution in [3.63, 3.8) is 0 Å². The molecule has 0 aromatic carbocycles. The third kappa shape index (κ3) is 5.71. The van der Waals surface area contributed by atoms with Crippen LogP contribution < -0.4 is 11.1 Å². The van der Waals surface area contributed by atoms with E-state index in [-0.39, 0.29) is 18.2 Å². The lowest BCUT2D eigenvalue weighted by Crippen LogP contribution is -2.53. The zero-order valence-electron chi connectivity index (χ0n) is 13.5. The van der Waals surface area contributed by atoms with E-state index in [2.05, 4.69) is 14.8 Å². The van der Waals surface area contributed by atoms with Gasteiger partial charge >= 0.3 is 11.9 Å². The highest BCUT2D eigenvalue weighted by Gasteiger charge is 2.41. The third-order valence-electron chi connectivity index (χ3n) is 3.18. The summed E-state index contributed by atoms with van der Waals surface area (Å²) in [6.07, 6.45) is 0.192. The highest BCUT2D eigenvalue weighted by Crippen LogP contribution is 2.19. The number of rotatable bonds is 8. The molecule has 0 aromatic heterocycles. The molecule has 0 bridgehead atoms. The summed E-state index contributed by atoms with van der Waals surface area (Å²) in [5, 5.41) is 2.46. The first-order valence-corrected chi connectivity index (χ1v) is 6.90. The average Bonchev–Trinajstić information content (AvgIpc) is 2.42.